The Morgan fingerprint density at radius 3 is 2.74 bits per heavy atom. The predicted molar refractivity (Wildman–Crippen MR) is 73.5 cm³/mol. The lowest BCUT2D eigenvalue weighted by molar-refractivity contribution is -0.384. The quantitative estimate of drug-likeness (QED) is 0.579. The van der Waals surface area contributed by atoms with Crippen LogP contribution in [-0.2, 0) is 11.3 Å². The highest BCUT2D eigenvalue weighted by Gasteiger charge is 2.25. The SMILES string of the molecule is CCCn1nc(C)c([N+](=O)[O-])c1NCC(C)OCC. The average molecular weight is 270 g/mol. The van der Waals surface area contributed by atoms with Gasteiger partial charge in [-0.25, -0.2) is 4.68 Å². The standard InChI is InChI=1S/C12H22N4O3/c1-5-7-15-12(13-8-9(3)19-6-2)11(16(17)18)10(4)14-15/h9,13H,5-8H2,1-4H3. The normalized spacial score (nSPS) is 12.4. The van der Waals surface area contributed by atoms with Crippen molar-refractivity contribution < 1.29 is 9.66 Å². The van der Waals surface area contributed by atoms with Crippen molar-refractivity contribution in [3.05, 3.63) is 15.8 Å². The number of aryl methyl sites for hydroxylation is 2. The highest BCUT2D eigenvalue weighted by molar-refractivity contribution is 5.59. The van der Waals surface area contributed by atoms with E-state index in [-0.39, 0.29) is 16.7 Å². The lowest BCUT2D eigenvalue weighted by atomic mass is 10.3. The molecule has 0 saturated carbocycles. The van der Waals surface area contributed by atoms with Gasteiger partial charge in [-0.3, -0.25) is 10.1 Å². The molecule has 0 radical (unpaired) electrons. The fourth-order valence-corrected chi connectivity index (χ4v) is 1.92. The van der Waals surface area contributed by atoms with E-state index in [1.807, 2.05) is 20.8 Å². The van der Waals surface area contributed by atoms with E-state index in [0.717, 1.165) is 6.42 Å². The van der Waals surface area contributed by atoms with Crippen LogP contribution in [0.25, 0.3) is 0 Å². The molecule has 0 aliphatic carbocycles. The van der Waals surface area contributed by atoms with Gasteiger partial charge in [0.05, 0.1) is 11.0 Å². The minimum absolute atomic E-state index is 0.00473. The molecule has 0 spiro atoms. The van der Waals surface area contributed by atoms with Crippen LogP contribution < -0.4 is 5.32 Å². The topological polar surface area (TPSA) is 82.2 Å². The monoisotopic (exact) mass is 270 g/mol. The Kier molecular flexibility index (Phi) is 5.75. The molecule has 1 unspecified atom stereocenters. The number of nitro groups is 1. The first-order chi connectivity index (χ1) is 9.01. The molecule has 0 aliphatic heterocycles. The number of ether oxygens (including phenoxy) is 1. The Bertz CT molecular complexity index is 431. The van der Waals surface area contributed by atoms with Crippen LogP contribution in [0.4, 0.5) is 11.5 Å². The second kappa shape index (κ2) is 7.08. The molecule has 7 nitrogen and oxygen atoms in total. The van der Waals surface area contributed by atoms with Gasteiger partial charge in [0.1, 0.15) is 5.69 Å². The third kappa shape index (κ3) is 3.92. The summed E-state index contributed by atoms with van der Waals surface area (Å²) in [5, 5.41) is 18.4. The van der Waals surface area contributed by atoms with E-state index >= 15 is 0 Å². The molecule has 1 heterocycles. The number of anilines is 1. The van der Waals surface area contributed by atoms with Crippen LogP contribution in [0.3, 0.4) is 0 Å². The second-order valence-electron chi connectivity index (χ2n) is 4.41. The summed E-state index contributed by atoms with van der Waals surface area (Å²) < 4.78 is 7.07. The number of hydrogen-bond donors (Lipinski definition) is 1. The smallest absolute Gasteiger partial charge is 0.333 e. The molecule has 0 fully saturated rings. The van der Waals surface area contributed by atoms with Crippen molar-refractivity contribution in [3.63, 3.8) is 0 Å². The van der Waals surface area contributed by atoms with Crippen LogP contribution in [0.1, 0.15) is 32.9 Å². The van der Waals surface area contributed by atoms with Crippen molar-refractivity contribution in [2.24, 2.45) is 0 Å². The van der Waals surface area contributed by atoms with E-state index in [1.54, 1.807) is 11.6 Å². The van der Waals surface area contributed by atoms with Crippen LogP contribution in [0, 0.1) is 17.0 Å². The number of aromatic nitrogens is 2. The number of nitrogens with zero attached hydrogens (tertiary/aromatic N) is 3. The van der Waals surface area contributed by atoms with Gasteiger partial charge in [0.15, 0.2) is 0 Å². The van der Waals surface area contributed by atoms with Gasteiger partial charge >= 0.3 is 5.69 Å². The van der Waals surface area contributed by atoms with Crippen molar-refractivity contribution in [3.8, 4) is 0 Å². The zero-order chi connectivity index (χ0) is 14.4. The number of rotatable bonds is 8. The molecule has 0 aliphatic rings. The van der Waals surface area contributed by atoms with E-state index in [1.165, 1.54) is 0 Å². The largest absolute Gasteiger partial charge is 0.377 e. The fraction of sp³-hybridized carbons (Fsp3) is 0.750. The van der Waals surface area contributed by atoms with E-state index in [2.05, 4.69) is 10.4 Å². The van der Waals surface area contributed by atoms with E-state index in [9.17, 15) is 10.1 Å². The van der Waals surface area contributed by atoms with Gasteiger partial charge in [0.25, 0.3) is 0 Å². The van der Waals surface area contributed by atoms with Crippen molar-refractivity contribution in [2.45, 2.75) is 46.8 Å². The Morgan fingerprint density at radius 1 is 1.53 bits per heavy atom. The van der Waals surface area contributed by atoms with Crippen LogP contribution >= 0.6 is 0 Å². The van der Waals surface area contributed by atoms with Gasteiger partial charge in [0.2, 0.25) is 5.82 Å². The molecule has 19 heavy (non-hydrogen) atoms. The highest BCUT2D eigenvalue weighted by atomic mass is 16.6. The summed E-state index contributed by atoms with van der Waals surface area (Å²) >= 11 is 0. The summed E-state index contributed by atoms with van der Waals surface area (Å²) in [5.41, 5.74) is 0.488. The maximum absolute atomic E-state index is 11.1. The first kappa shape index (κ1) is 15.4. The Balaban J connectivity index is 2.91. The molecule has 0 bridgehead atoms. The second-order valence-corrected chi connectivity index (χ2v) is 4.41. The molecule has 1 rings (SSSR count). The summed E-state index contributed by atoms with van der Waals surface area (Å²) in [7, 11) is 0. The molecule has 1 N–H and O–H groups in total. The lowest BCUT2D eigenvalue weighted by Gasteiger charge is -2.14. The Labute approximate surface area is 113 Å². The zero-order valence-electron chi connectivity index (χ0n) is 12.0. The molecule has 1 aromatic rings. The molecular formula is C12H22N4O3. The van der Waals surface area contributed by atoms with E-state index < -0.39 is 0 Å². The molecule has 0 amide bonds. The summed E-state index contributed by atoms with van der Waals surface area (Å²) in [6.07, 6.45) is 0.864. The summed E-state index contributed by atoms with van der Waals surface area (Å²) in [5.74, 6) is 0.468. The third-order valence-electron chi connectivity index (χ3n) is 2.72. The predicted octanol–water partition coefficient (Wildman–Crippen LogP) is 2.35. The van der Waals surface area contributed by atoms with Crippen molar-refractivity contribution in [1.82, 2.24) is 9.78 Å². The van der Waals surface area contributed by atoms with E-state index in [4.69, 9.17) is 4.74 Å². The van der Waals surface area contributed by atoms with Gasteiger partial charge < -0.3 is 10.1 Å². The van der Waals surface area contributed by atoms with Crippen LogP contribution in [0.5, 0.6) is 0 Å². The number of hydrogen-bond acceptors (Lipinski definition) is 5. The highest BCUT2D eigenvalue weighted by Crippen LogP contribution is 2.28. The van der Waals surface area contributed by atoms with Crippen LogP contribution in [-0.4, -0.2) is 34.0 Å². The fourth-order valence-electron chi connectivity index (χ4n) is 1.92. The van der Waals surface area contributed by atoms with Gasteiger partial charge in [0, 0.05) is 19.7 Å². The first-order valence-electron chi connectivity index (χ1n) is 6.58. The molecule has 0 aromatic carbocycles. The minimum atomic E-state index is -0.387. The summed E-state index contributed by atoms with van der Waals surface area (Å²) in [6.45, 7) is 9.30. The molecular weight excluding hydrogens is 248 g/mol. The Morgan fingerprint density at radius 2 is 2.21 bits per heavy atom. The summed E-state index contributed by atoms with van der Waals surface area (Å²) in [4.78, 5) is 10.7. The van der Waals surface area contributed by atoms with Gasteiger partial charge in [-0.2, -0.15) is 5.10 Å². The van der Waals surface area contributed by atoms with Crippen molar-refractivity contribution in [1.29, 1.82) is 0 Å². The van der Waals surface area contributed by atoms with E-state index in [0.29, 0.717) is 31.2 Å². The first-order valence-corrected chi connectivity index (χ1v) is 6.58. The molecule has 108 valence electrons. The third-order valence-corrected chi connectivity index (χ3v) is 2.72. The molecule has 7 heteroatoms. The number of nitrogens with one attached hydrogen (secondary N) is 1. The summed E-state index contributed by atoms with van der Waals surface area (Å²) in [6, 6.07) is 0. The van der Waals surface area contributed by atoms with Crippen molar-refractivity contribution >= 4 is 11.5 Å². The van der Waals surface area contributed by atoms with Gasteiger partial charge in [-0.15, -0.1) is 0 Å². The maximum Gasteiger partial charge on any atom is 0.333 e. The minimum Gasteiger partial charge on any atom is -0.377 e. The van der Waals surface area contributed by atoms with Crippen molar-refractivity contribution in [2.75, 3.05) is 18.5 Å². The molecule has 1 aromatic heterocycles. The lowest BCUT2D eigenvalue weighted by Crippen LogP contribution is -2.21. The molecule has 1 atom stereocenters. The maximum atomic E-state index is 11.1. The Hall–Kier alpha value is -1.63. The van der Waals surface area contributed by atoms with Crippen LogP contribution in [0.15, 0.2) is 0 Å². The van der Waals surface area contributed by atoms with Gasteiger partial charge in [-0.1, -0.05) is 6.92 Å². The zero-order valence-corrected chi connectivity index (χ0v) is 12.0. The van der Waals surface area contributed by atoms with Gasteiger partial charge in [-0.05, 0) is 27.2 Å². The average Bonchev–Trinajstić information content (AvgIpc) is 2.63. The molecule has 0 saturated heterocycles. The van der Waals surface area contributed by atoms with Crippen LogP contribution in [0.2, 0.25) is 0 Å².